The van der Waals surface area contributed by atoms with Gasteiger partial charge in [-0.15, -0.1) is 0 Å². The molecule has 0 unspecified atom stereocenters. The van der Waals surface area contributed by atoms with Gasteiger partial charge in [0.2, 0.25) is 0 Å². The number of piperazine rings is 1. The van der Waals surface area contributed by atoms with Gasteiger partial charge in [-0.2, -0.15) is 0 Å². The van der Waals surface area contributed by atoms with Crippen molar-refractivity contribution in [3.05, 3.63) is 70.2 Å². The van der Waals surface area contributed by atoms with Gasteiger partial charge in [0.15, 0.2) is 6.04 Å². The molecule has 1 aliphatic heterocycles. The summed E-state index contributed by atoms with van der Waals surface area (Å²) in [7, 11) is 0. The molecular formula is C22H27Cl2N3O+2. The summed E-state index contributed by atoms with van der Waals surface area (Å²) < 4.78 is 0. The van der Waals surface area contributed by atoms with E-state index in [-0.39, 0.29) is 11.9 Å². The van der Waals surface area contributed by atoms with Crippen molar-refractivity contribution in [3.8, 4) is 0 Å². The van der Waals surface area contributed by atoms with E-state index in [0.717, 1.165) is 32.7 Å². The SMILES string of the molecule is C[C@@H](C(=O)Nc1cc(Cl)ccc1Cl)[NH+]1CC[NH+](C/C=C/c2ccccc2)CC1. The second kappa shape index (κ2) is 10.1. The molecule has 4 nitrogen and oxygen atoms in total. The summed E-state index contributed by atoms with van der Waals surface area (Å²) in [6.07, 6.45) is 4.42. The lowest BCUT2D eigenvalue weighted by Gasteiger charge is -2.32. The van der Waals surface area contributed by atoms with E-state index >= 15 is 0 Å². The molecule has 2 aromatic rings. The molecule has 0 bridgehead atoms. The topological polar surface area (TPSA) is 38.0 Å². The third kappa shape index (κ3) is 5.82. The van der Waals surface area contributed by atoms with E-state index in [2.05, 4.69) is 41.7 Å². The number of nitrogens with one attached hydrogen (secondary N) is 3. The standard InChI is InChI=1S/C22H25Cl2N3O/c1-17(22(28)25-21-16-19(23)9-10-20(21)24)27-14-12-26(13-15-27)11-5-8-18-6-3-2-4-7-18/h2-10,16-17H,11-15H2,1H3,(H,25,28)/p+2/b8-5+/t17-/m0/s1. The van der Waals surface area contributed by atoms with E-state index in [1.165, 1.54) is 10.5 Å². The maximum absolute atomic E-state index is 12.6. The van der Waals surface area contributed by atoms with Crippen LogP contribution in [0, 0.1) is 0 Å². The minimum Gasteiger partial charge on any atom is -0.322 e. The van der Waals surface area contributed by atoms with Crippen LogP contribution in [0.1, 0.15) is 12.5 Å². The molecule has 0 radical (unpaired) electrons. The second-order valence-electron chi connectivity index (χ2n) is 7.26. The van der Waals surface area contributed by atoms with Crippen molar-refractivity contribution < 1.29 is 14.6 Å². The van der Waals surface area contributed by atoms with E-state index in [1.54, 1.807) is 23.1 Å². The highest BCUT2D eigenvalue weighted by molar-refractivity contribution is 6.35. The Balaban J connectivity index is 1.46. The van der Waals surface area contributed by atoms with E-state index < -0.39 is 0 Å². The minimum absolute atomic E-state index is 0.0217. The van der Waals surface area contributed by atoms with Gasteiger partial charge in [-0.25, -0.2) is 0 Å². The molecule has 1 heterocycles. The molecule has 28 heavy (non-hydrogen) atoms. The normalized spacial score (nSPS) is 20.8. The maximum Gasteiger partial charge on any atom is 0.282 e. The lowest BCUT2D eigenvalue weighted by molar-refractivity contribution is -1.02. The van der Waals surface area contributed by atoms with Gasteiger partial charge in [-0.1, -0.05) is 59.6 Å². The van der Waals surface area contributed by atoms with Gasteiger partial charge < -0.3 is 15.1 Å². The summed E-state index contributed by atoms with van der Waals surface area (Å²) >= 11 is 12.2. The monoisotopic (exact) mass is 419 g/mol. The first-order chi connectivity index (χ1) is 13.5. The van der Waals surface area contributed by atoms with E-state index in [1.807, 2.05) is 13.0 Å². The van der Waals surface area contributed by atoms with Crippen molar-refractivity contribution >= 4 is 40.9 Å². The molecule has 1 fully saturated rings. The minimum atomic E-state index is -0.128. The Morgan fingerprint density at radius 3 is 2.54 bits per heavy atom. The summed E-state index contributed by atoms with van der Waals surface area (Å²) in [6, 6.07) is 15.3. The fraction of sp³-hybridized carbons (Fsp3) is 0.318. The van der Waals surface area contributed by atoms with Crippen molar-refractivity contribution in [2.45, 2.75) is 13.0 Å². The van der Waals surface area contributed by atoms with E-state index in [0.29, 0.717) is 15.7 Å². The van der Waals surface area contributed by atoms with Crippen LogP contribution in [0.2, 0.25) is 10.0 Å². The summed E-state index contributed by atoms with van der Waals surface area (Å²) in [4.78, 5) is 15.5. The van der Waals surface area contributed by atoms with Gasteiger partial charge in [0.05, 0.1) is 17.3 Å². The first kappa shape index (κ1) is 20.9. The Kier molecular flexibility index (Phi) is 7.51. The van der Waals surface area contributed by atoms with Crippen LogP contribution < -0.4 is 15.1 Å². The van der Waals surface area contributed by atoms with Crippen LogP contribution in [-0.4, -0.2) is 44.7 Å². The first-order valence-corrected chi connectivity index (χ1v) is 10.4. The quantitative estimate of drug-likeness (QED) is 0.656. The molecule has 0 spiro atoms. The summed E-state index contributed by atoms with van der Waals surface area (Å²) in [5, 5.41) is 3.97. The molecule has 148 valence electrons. The van der Waals surface area contributed by atoms with Crippen molar-refractivity contribution in [2.75, 3.05) is 38.0 Å². The number of amides is 1. The van der Waals surface area contributed by atoms with Gasteiger partial charge in [-0.3, -0.25) is 4.79 Å². The highest BCUT2D eigenvalue weighted by atomic mass is 35.5. The highest BCUT2D eigenvalue weighted by Gasteiger charge is 2.30. The Hall–Kier alpha value is -1.85. The molecule has 1 saturated heterocycles. The number of hydrogen-bond acceptors (Lipinski definition) is 1. The number of halogens is 2. The smallest absolute Gasteiger partial charge is 0.282 e. The third-order valence-corrected chi connectivity index (χ3v) is 5.87. The molecule has 0 aromatic heterocycles. The molecule has 0 saturated carbocycles. The predicted molar refractivity (Wildman–Crippen MR) is 116 cm³/mol. The van der Waals surface area contributed by atoms with Gasteiger partial charge in [0, 0.05) is 5.02 Å². The summed E-state index contributed by atoms with van der Waals surface area (Å²) in [5.74, 6) is -0.0217. The molecular weight excluding hydrogens is 393 g/mol. The van der Waals surface area contributed by atoms with Gasteiger partial charge in [0.1, 0.15) is 26.2 Å². The van der Waals surface area contributed by atoms with Gasteiger partial charge in [-0.05, 0) is 36.8 Å². The van der Waals surface area contributed by atoms with Crippen LogP contribution in [-0.2, 0) is 4.79 Å². The zero-order chi connectivity index (χ0) is 19.9. The van der Waals surface area contributed by atoms with Crippen LogP contribution in [0.15, 0.2) is 54.6 Å². The highest BCUT2D eigenvalue weighted by Crippen LogP contribution is 2.25. The molecule has 3 rings (SSSR count). The lowest BCUT2D eigenvalue weighted by Crippen LogP contribution is -3.29. The largest absolute Gasteiger partial charge is 0.322 e. The van der Waals surface area contributed by atoms with Crippen molar-refractivity contribution in [1.82, 2.24) is 0 Å². The van der Waals surface area contributed by atoms with E-state index in [9.17, 15) is 4.79 Å². The van der Waals surface area contributed by atoms with Crippen molar-refractivity contribution in [3.63, 3.8) is 0 Å². The Bertz CT molecular complexity index is 818. The number of rotatable bonds is 6. The summed E-state index contributed by atoms with van der Waals surface area (Å²) in [5.41, 5.74) is 1.80. The number of benzene rings is 2. The molecule has 6 heteroatoms. The molecule has 1 aliphatic rings. The number of carbonyl (C=O) groups excluding carboxylic acids is 1. The van der Waals surface area contributed by atoms with Crippen molar-refractivity contribution in [1.29, 1.82) is 0 Å². The Morgan fingerprint density at radius 1 is 1.11 bits per heavy atom. The number of carbonyl (C=O) groups is 1. The second-order valence-corrected chi connectivity index (χ2v) is 8.10. The molecule has 3 N–H and O–H groups in total. The maximum atomic E-state index is 12.6. The predicted octanol–water partition coefficient (Wildman–Crippen LogP) is 1.82. The zero-order valence-electron chi connectivity index (χ0n) is 16.1. The average molecular weight is 420 g/mol. The number of anilines is 1. The van der Waals surface area contributed by atoms with Crippen molar-refractivity contribution in [2.24, 2.45) is 0 Å². The molecule has 1 atom stereocenters. The van der Waals surface area contributed by atoms with Crippen LogP contribution in [0.3, 0.4) is 0 Å². The Morgan fingerprint density at radius 2 is 1.82 bits per heavy atom. The number of hydrogen-bond donors (Lipinski definition) is 3. The third-order valence-electron chi connectivity index (χ3n) is 5.31. The van der Waals surface area contributed by atoms with E-state index in [4.69, 9.17) is 23.2 Å². The molecule has 2 aromatic carbocycles. The van der Waals surface area contributed by atoms with Gasteiger partial charge >= 0.3 is 0 Å². The van der Waals surface area contributed by atoms with Crippen LogP contribution in [0.25, 0.3) is 6.08 Å². The van der Waals surface area contributed by atoms with Crippen LogP contribution in [0.5, 0.6) is 0 Å². The average Bonchev–Trinajstić information content (AvgIpc) is 2.71. The molecule has 1 amide bonds. The lowest BCUT2D eigenvalue weighted by atomic mass is 10.2. The van der Waals surface area contributed by atoms with Crippen LogP contribution >= 0.6 is 23.2 Å². The van der Waals surface area contributed by atoms with Crippen LogP contribution in [0.4, 0.5) is 5.69 Å². The zero-order valence-corrected chi connectivity index (χ0v) is 17.6. The molecule has 0 aliphatic carbocycles. The van der Waals surface area contributed by atoms with Gasteiger partial charge in [0.25, 0.3) is 5.91 Å². The summed E-state index contributed by atoms with van der Waals surface area (Å²) in [6.45, 7) is 7.07. The number of quaternary nitrogens is 2. The first-order valence-electron chi connectivity index (χ1n) is 9.68. The fourth-order valence-electron chi connectivity index (χ4n) is 3.51. The fourth-order valence-corrected chi connectivity index (χ4v) is 3.84. The Labute approximate surface area is 176 Å².